The lowest BCUT2D eigenvalue weighted by atomic mass is 9.74. The van der Waals surface area contributed by atoms with Crippen LogP contribution in [0.1, 0.15) is 155 Å². The summed E-state index contributed by atoms with van der Waals surface area (Å²) in [4.78, 5) is 0. The molecule has 0 N–H and O–H groups in total. The lowest BCUT2D eigenvalue weighted by Gasteiger charge is -2.30. The Bertz CT molecular complexity index is 4940. The minimum Gasteiger partial charge on any atom is -0.0751 e. The van der Waals surface area contributed by atoms with Crippen LogP contribution in [0.2, 0.25) is 0 Å². The number of benzene rings is 12. The zero-order valence-corrected chi connectivity index (χ0v) is 52.0. The summed E-state index contributed by atoms with van der Waals surface area (Å²) in [5.74, 6) is 0.144. The standard InChI is InChI=1S/C84H76/c1-80(2,3)47-37-45(38-48(41-47)81(4,5)6)71-68-43-66-56-25-20-24-55-53(54-23-18-19-26-70(54)84(13,14)15)27-28-63(73(55)56)67(66)44-69(68)72(46-39-49(82(7,8)9)42-50(40-46)83(10,11)12)79-65-36-34-62-60-32-30-58-52-22-17-16-21-51(52)57-29-31-59(75(60)74(57)58)61-33-35-64(78(71)79)77(65)76(61)62/h16-35,37-44,65H,36H2,1-15H3. The molecule has 12 aromatic carbocycles. The molecule has 1 atom stereocenters. The van der Waals surface area contributed by atoms with Crippen LogP contribution in [0.25, 0.3) is 149 Å². The molecule has 0 fully saturated rings. The smallest absolute Gasteiger partial charge is 0.0149 e. The molecular weight excluding hydrogens is 1010 g/mol. The van der Waals surface area contributed by atoms with Crippen LogP contribution in [0.15, 0.2) is 164 Å². The van der Waals surface area contributed by atoms with Crippen molar-refractivity contribution in [3.05, 3.63) is 208 Å². The average Bonchev–Trinajstić information content (AvgIpc) is 1.49. The summed E-state index contributed by atoms with van der Waals surface area (Å²) in [5.41, 5.74) is 31.2. The van der Waals surface area contributed by atoms with Crippen LogP contribution < -0.4 is 5.22 Å². The Kier molecular flexibility index (Phi) is 10.3. The normalized spacial score (nSPS) is 15.0. The SMILES string of the molecule is CC(C)(C)c1cc(-c2c3c(c(-c4cc(C(C)(C)C)cc(C(C)(C)C)c4)c4cc5c(cc24)-c2cccc4c(-c6ccccc6C(C)(C)C)ccc-5c24)C2CC=c4c5ccc6c7c(ccc(c8ccc-3c2c48)c75)-c2ccccc2-6)cc(C(C)(C)C)c1. The molecule has 84 heavy (non-hydrogen) atoms. The van der Waals surface area contributed by atoms with E-state index in [1.165, 1.54) is 187 Å². The zero-order valence-electron chi connectivity index (χ0n) is 52.0. The third kappa shape index (κ3) is 7.13. The van der Waals surface area contributed by atoms with Crippen LogP contribution in [0, 0.1) is 0 Å². The highest BCUT2D eigenvalue weighted by molar-refractivity contribution is 6.32. The van der Waals surface area contributed by atoms with E-state index in [0.29, 0.717) is 0 Å². The molecule has 0 aliphatic heterocycles. The maximum Gasteiger partial charge on any atom is 0.0149 e. The summed E-state index contributed by atoms with van der Waals surface area (Å²) in [6.07, 6.45) is 3.59. The van der Waals surface area contributed by atoms with Gasteiger partial charge in [-0.1, -0.05) is 262 Å². The topological polar surface area (TPSA) is 0 Å². The maximum atomic E-state index is 2.67. The zero-order chi connectivity index (χ0) is 58.2. The van der Waals surface area contributed by atoms with Crippen molar-refractivity contribution in [2.75, 3.05) is 0 Å². The highest BCUT2D eigenvalue weighted by atomic mass is 14.4. The fourth-order valence-electron chi connectivity index (χ4n) is 16.0. The van der Waals surface area contributed by atoms with E-state index in [4.69, 9.17) is 0 Å². The van der Waals surface area contributed by atoms with Crippen molar-refractivity contribution in [1.29, 1.82) is 0 Å². The van der Waals surface area contributed by atoms with Crippen LogP contribution in [0.5, 0.6) is 0 Å². The van der Waals surface area contributed by atoms with E-state index in [1.807, 2.05) is 0 Å². The fraction of sp³-hybridized carbons (Fsp3) is 0.262. The summed E-state index contributed by atoms with van der Waals surface area (Å²) < 4.78 is 0. The van der Waals surface area contributed by atoms with E-state index in [-0.39, 0.29) is 33.0 Å². The Balaban J connectivity index is 1.08. The summed E-state index contributed by atoms with van der Waals surface area (Å²) >= 11 is 0. The minimum atomic E-state index is -0.0776. The molecule has 412 valence electrons. The number of hydrogen-bond acceptors (Lipinski definition) is 0. The molecule has 1 unspecified atom stereocenters. The molecule has 16 rings (SSSR count). The predicted octanol–water partition coefficient (Wildman–Crippen LogP) is 23.3. The third-order valence-electron chi connectivity index (χ3n) is 20.3. The highest BCUT2D eigenvalue weighted by Crippen LogP contribution is 2.63. The maximum absolute atomic E-state index is 2.67. The van der Waals surface area contributed by atoms with Crippen molar-refractivity contribution in [3.8, 4) is 89.0 Å². The first-order chi connectivity index (χ1) is 39.8. The van der Waals surface area contributed by atoms with Gasteiger partial charge in [-0.3, -0.25) is 0 Å². The van der Waals surface area contributed by atoms with Gasteiger partial charge in [-0.15, -0.1) is 0 Å². The van der Waals surface area contributed by atoms with Crippen LogP contribution in [-0.2, 0) is 27.1 Å². The quantitative estimate of drug-likeness (QED) is 0.122. The van der Waals surface area contributed by atoms with E-state index in [1.54, 1.807) is 0 Å². The summed E-state index contributed by atoms with van der Waals surface area (Å²) in [5, 5.41) is 15.2. The molecule has 0 saturated carbocycles. The van der Waals surface area contributed by atoms with Crippen molar-refractivity contribution in [2.24, 2.45) is 0 Å². The van der Waals surface area contributed by atoms with Gasteiger partial charge < -0.3 is 0 Å². The second-order valence-corrected chi connectivity index (χ2v) is 30.7. The molecule has 0 heterocycles. The molecule has 4 aliphatic rings. The van der Waals surface area contributed by atoms with Gasteiger partial charge in [0, 0.05) is 5.92 Å². The highest BCUT2D eigenvalue weighted by Gasteiger charge is 2.41. The minimum absolute atomic E-state index is 0.0124. The van der Waals surface area contributed by atoms with E-state index in [9.17, 15) is 0 Å². The lowest BCUT2D eigenvalue weighted by Crippen LogP contribution is -2.17. The summed E-state index contributed by atoms with van der Waals surface area (Å²) in [7, 11) is 0. The molecule has 0 nitrogen and oxygen atoms in total. The number of fused-ring (bicyclic) bond motifs is 12. The Hall–Kier alpha value is -8.06. The monoisotopic (exact) mass is 1080 g/mol. The van der Waals surface area contributed by atoms with Crippen molar-refractivity contribution in [1.82, 2.24) is 0 Å². The van der Waals surface area contributed by atoms with Gasteiger partial charge in [-0.25, -0.2) is 0 Å². The molecule has 0 radical (unpaired) electrons. The Labute approximate surface area is 497 Å². The molecule has 0 aromatic heterocycles. The van der Waals surface area contributed by atoms with Crippen LogP contribution in [0.4, 0.5) is 0 Å². The average molecular weight is 1090 g/mol. The van der Waals surface area contributed by atoms with E-state index < -0.39 is 0 Å². The van der Waals surface area contributed by atoms with E-state index >= 15 is 0 Å². The van der Waals surface area contributed by atoms with Crippen molar-refractivity contribution in [2.45, 2.75) is 143 Å². The van der Waals surface area contributed by atoms with Gasteiger partial charge in [0.1, 0.15) is 0 Å². The van der Waals surface area contributed by atoms with E-state index in [0.717, 1.165) is 6.42 Å². The van der Waals surface area contributed by atoms with Gasteiger partial charge in [-0.05, 0) is 233 Å². The third-order valence-corrected chi connectivity index (χ3v) is 20.3. The molecule has 0 saturated heterocycles. The molecule has 12 aromatic rings. The predicted molar refractivity (Wildman–Crippen MR) is 364 cm³/mol. The van der Waals surface area contributed by atoms with Gasteiger partial charge in [-0.2, -0.15) is 0 Å². The molecular formula is C84H76. The summed E-state index contributed by atoms with van der Waals surface area (Å²) in [6.45, 7) is 35.8. The van der Waals surface area contributed by atoms with Crippen molar-refractivity contribution < 1.29 is 0 Å². The first-order valence-corrected chi connectivity index (χ1v) is 31.1. The first kappa shape index (κ1) is 51.6. The van der Waals surface area contributed by atoms with Gasteiger partial charge >= 0.3 is 0 Å². The molecule has 0 spiro atoms. The number of hydrogen-bond donors (Lipinski definition) is 0. The molecule has 4 aliphatic carbocycles. The van der Waals surface area contributed by atoms with E-state index in [2.05, 4.69) is 274 Å². The Morgan fingerprint density at radius 3 is 1.30 bits per heavy atom. The van der Waals surface area contributed by atoms with Crippen LogP contribution in [-0.4, -0.2) is 0 Å². The second kappa shape index (κ2) is 16.8. The largest absolute Gasteiger partial charge is 0.0751 e. The van der Waals surface area contributed by atoms with Crippen molar-refractivity contribution >= 4 is 59.9 Å². The summed E-state index contributed by atoms with van der Waals surface area (Å²) in [6, 6.07) is 65.8. The molecule has 0 bridgehead atoms. The van der Waals surface area contributed by atoms with Gasteiger partial charge in [0.25, 0.3) is 0 Å². The van der Waals surface area contributed by atoms with Crippen LogP contribution >= 0.6 is 0 Å². The number of rotatable bonds is 3. The molecule has 0 amide bonds. The first-order valence-electron chi connectivity index (χ1n) is 31.1. The van der Waals surface area contributed by atoms with Gasteiger partial charge in [0.15, 0.2) is 0 Å². The second-order valence-electron chi connectivity index (χ2n) is 30.7. The Morgan fingerprint density at radius 2 is 0.726 bits per heavy atom. The van der Waals surface area contributed by atoms with Gasteiger partial charge in [0.05, 0.1) is 0 Å². The fourth-order valence-corrected chi connectivity index (χ4v) is 16.0. The lowest BCUT2D eigenvalue weighted by molar-refractivity contribution is 0.568. The molecule has 0 heteroatoms. The van der Waals surface area contributed by atoms with Gasteiger partial charge in [0.2, 0.25) is 0 Å². The van der Waals surface area contributed by atoms with Crippen LogP contribution in [0.3, 0.4) is 0 Å². The Morgan fingerprint density at radius 1 is 0.274 bits per heavy atom. The van der Waals surface area contributed by atoms with Crippen molar-refractivity contribution in [3.63, 3.8) is 0 Å².